The Morgan fingerprint density at radius 1 is 1.00 bits per heavy atom. The van der Waals surface area contributed by atoms with Gasteiger partial charge in [-0.15, -0.1) is 11.3 Å². The third kappa shape index (κ3) is 3.21. The van der Waals surface area contributed by atoms with E-state index in [0.717, 1.165) is 27.9 Å². The lowest BCUT2D eigenvalue weighted by Crippen LogP contribution is -2.13. The van der Waals surface area contributed by atoms with Gasteiger partial charge in [0.2, 0.25) is 0 Å². The first-order valence-corrected chi connectivity index (χ1v) is 9.18. The van der Waals surface area contributed by atoms with Crippen molar-refractivity contribution in [2.45, 2.75) is 13.8 Å². The van der Waals surface area contributed by atoms with Crippen LogP contribution in [0.1, 0.15) is 21.6 Å². The van der Waals surface area contributed by atoms with Crippen molar-refractivity contribution in [1.82, 2.24) is 9.97 Å². The quantitative estimate of drug-likeness (QED) is 0.545. The summed E-state index contributed by atoms with van der Waals surface area (Å²) in [6, 6.07) is 17.7. The smallest absolute Gasteiger partial charge is 0.258 e. The van der Waals surface area contributed by atoms with Gasteiger partial charge in [-0.3, -0.25) is 15.1 Å². The second-order valence-electron chi connectivity index (χ2n) is 6.19. The third-order valence-electron chi connectivity index (χ3n) is 4.16. The molecule has 2 heterocycles. The third-order valence-corrected chi connectivity index (χ3v) is 4.92. The zero-order chi connectivity index (χ0) is 18.1. The van der Waals surface area contributed by atoms with E-state index in [-0.39, 0.29) is 5.91 Å². The Labute approximate surface area is 155 Å². The molecule has 5 heteroatoms. The molecule has 0 aliphatic carbocycles. The molecule has 128 valence electrons. The Bertz CT molecular complexity index is 1100. The highest BCUT2D eigenvalue weighted by molar-refractivity contribution is 7.14. The number of rotatable bonds is 3. The number of carbonyl (C=O) groups is 1. The van der Waals surface area contributed by atoms with E-state index in [1.165, 1.54) is 16.9 Å². The second-order valence-corrected chi connectivity index (χ2v) is 7.04. The van der Waals surface area contributed by atoms with E-state index < -0.39 is 0 Å². The van der Waals surface area contributed by atoms with Crippen LogP contribution in [0.5, 0.6) is 0 Å². The molecule has 0 aliphatic rings. The molecule has 4 nitrogen and oxygen atoms in total. The zero-order valence-electron chi connectivity index (χ0n) is 14.5. The monoisotopic (exact) mass is 359 g/mol. The van der Waals surface area contributed by atoms with Crippen molar-refractivity contribution >= 4 is 33.3 Å². The van der Waals surface area contributed by atoms with Gasteiger partial charge in [0.15, 0.2) is 5.13 Å². The molecule has 26 heavy (non-hydrogen) atoms. The van der Waals surface area contributed by atoms with Crippen molar-refractivity contribution in [1.29, 1.82) is 0 Å². The van der Waals surface area contributed by atoms with Gasteiger partial charge < -0.3 is 0 Å². The van der Waals surface area contributed by atoms with Gasteiger partial charge in [0.25, 0.3) is 5.91 Å². The molecule has 2 aromatic heterocycles. The van der Waals surface area contributed by atoms with Gasteiger partial charge in [-0.05, 0) is 26.0 Å². The standard InChI is InChI=1S/C21H17N3OS/c1-13-7-9-15(10-8-13)19-12-26-21(23-19)24-20(25)17-11-14(2)22-18-6-4-3-5-16(17)18/h3-12H,1-2H3,(H,23,24,25). The van der Waals surface area contributed by atoms with E-state index in [1.54, 1.807) is 0 Å². The fourth-order valence-corrected chi connectivity index (χ4v) is 3.56. The number of thiazole rings is 1. The maximum Gasteiger partial charge on any atom is 0.258 e. The lowest BCUT2D eigenvalue weighted by molar-refractivity contribution is 0.102. The van der Waals surface area contributed by atoms with Crippen LogP contribution in [-0.4, -0.2) is 15.9 Å². The summed E-state index contributed by atoms with van der Waals surface area (Å²) in [5.41, 5.74) is 5.35. The first-order chi connectivity index (χ1) is 12.6. The molecule has 0 radical (unpaired) electrons. The van der Waals surface area contributed by atoms with Gasteiger partial charge in [0.05, 0.1) is 16.8 Å². The minimum atomic E-state index is -0.170. The Morgan fingerprint density at radius 2 is 1.77 bits per heavy atom. The summed E-state index contributed by atoms with van der Waals surface area (Å²) in [5.74, 6) is -0.170. The fraction of sp³-hybridized carbons (Fsp3) is 0.0952. The van der Waals surface area contributed by atoms with Gasteiger partial charge in [-0.2, -0.15) is 0 Å². The first kappa shape index (κ1) is 16.4. The average molecular weight is 359 g/mol. The fourth-order valence-electron chi connectivity index (χ4n) is 2.85. The SMILES string of the molecule is Cc1ccc(-c2csc(NC(=O)c3cc(C)nc4ccccc34)n2)cc1. The minimum Gasteiger partial charge on any atom is -0.298 e. The number of amides is 1. The largest absolute Gasteiger partial charge is 0.298 e. The Balaban J connectivity index is 1.62. The second kappa shape index (κ2) is 6.69. The van der Waals surface area contributed by atoms with Gasteiger partial charge in [0, 0.05) is 22.0 Å². The van der Waals surface area contributed by atoms with Crippen LogP contribution in [0.2, 0.25) is 0 Å². The minimum absolute atomic E-state index is 0.170. The number of hydrogen-bond donors (Lipinski definition) is 1. The first-order valence-electron chi connectivity index (χ1n) is 8.30. The molecule has 0 fully saturated rings. The number of hydrogen-bond acceptors (Lipinski definition) is 4. The van der Waals surface area contributed by atoms with Crippen LogP contribution < -0.4 is 5.32 Å². The van der Waals surface area contributed by atoms with E-state index in [9.17, 15) is 4.79 Å². The predicted molar refractivity (Wildman–Crippen MR) is 107 cm³/mol. The number of nitrogens with zero attached hydrogens (tertiary/aromatic N) is 2. The van der Waals surface area contributed by atoms with Crippen LogP contribution in [0.25, 0.3) is 22.2 Å². The van der Waals surface area contributed by atoms with Crippen LogP contribution in [0.15, 0.2) is 60.0 Å². The van der Waals surface area contributed by atoms with Crippen molar-refractivity contribution in [3.05, 3.63) is 76.8 Å². The summed E-state index contributed by atoms with van der Waals surface area (Å²) in [5, 5.41) is 6.30. The molecule has 0 aliphatic heterocycles. The molecule has 0 spiro atoms. The van der Waals surface area contributed by atoms with Crippen molar-refractivity contribution in [3.63, 3.8) is 0 Å². The summed E-state index contributed by atoms with van der Waals surface area (Å²) >= 11 is 1.42. The normalized spacial score (nSPS) is 10.8. The number of aromatic nitrogens is 2. The zero-order valence-corrected chi connectivity index (χ0v) is 15.3. The summed E-state index contributed by atoms with van der Waals surface area (Å²) in [4.78, 5) is 21.8. The number of carbonyl (C=O) groups excluding carboxylic acids is 1. The van der Waals surface area contributed by atoms with E-state index in [2.05, 4.69) is 34.3 Å². The molecule has 0 saturated carbocycles. The van der Waals surface area contributed by atoms with Gasteiger partial charge in [0.1, 0.15) is 0 Å². The maximum absolute atomic E-state index is 12.8. The number of fused-ring (bicyclic) bond motifs is 1. The van der Waals surface area contributed by atoms with Gasteiger partial charge >= 0.3 is 0 Å². The van der Waals surface area contributed by atoms with E-state index in [1.807, 2.05) is 54.8 Å². The summed E-state index contributed by atoms with van der Waals surface area (Å²) in [6.07, 6.45) is 0. The number of benzene rings is 2. The highest BCUT2D eigenvalue weighted by atomic mass is 32.1. The van der Waals surface area contributed by atoms with Crippen molar-refractivity contribution < 1.29 is 4.79 Å². The van der Waals surface area contributed by atoms with Crippen LogP contribution in [0.3, 0.4) is 0 Å². The molecule has 4 aromatic rings. The predicted octanol–water partition coefficient (Wildman–Crippen LogP) is 5.23. The highest BCUT2D eigenvalue weighted by Gasteiger charge is 2.14. The molecule has 2 aromatic carbocycles. The lowest BCUT2D eigenvalue weighted by atomic mass is 10.1. The molecule has 1 amide bonds. The molecule has 0 atom stereocenters. The van der Waals surface area contributed by atoms with Crippen molar-refractivity contribution in [2.75, 3.05) is 5.32 Å². The number of nitrogens with one attached hydrogen (secondary N) is 1. The number of pyridine rings is 1. The average Bonchev–Trinajstić information content (AvgIpc) is 3.10. The van der Waals surface area contributed by atoms with Gasteiger partial charge in [-0.25, -0.2) is 4.98 Å². The lowest BCUT2D eigenvalue weighted by Gasteiger charge is -2.07. The van der Waals surface area contributed by atoms with Crippen LogP contribution >= 0.6 is 11.3 Å². The van der Waals surface area contributed by atoms with E-state index in [0.29, 0.717) is 10.7 Å². The molecule has 1 N–H and O–H groups in total. The topological polar surface area (TPSA) is 54.9 Å². The van der Waals surface area contributed by atoms with E-state index >= 15 is 0 Å². The molecule has 0 bridgehead atoms. The number of aryl methyl sites for hydroxylation is 2. The highest BCUT2D eigenvalue weighted by Crippen LogP contribution is 2.26. The Kier molecular flexibility index (Phi) is 4.22. The Morgan fingerprint density at radius 3 is 2.58 bits per heavy atom. The number of para-hydroxylation sites is 1. The molecule has 0 unspecified atom stereocenters. The van der Waals surface area contributed by atoms with Crippen LogP contribution in [0, 0.1) is 13.8 Å². The summed E-state index contributed by atoms with van der Waals surface area (Å²) in [6.45, 7) is 3.94. The van der Waals surface area contributed by atoms with Crippen LogP contribution in [-0.2, 0) is 0 Å². The molecular formula is C21H17N3OS. The Hall–Kier alpha value is -3.05. The van der Waals surface area contributed by atoms with Crippen molar-refractivity contribution in [3.8, 4) is 11.3 Å². The molecule has 4 rings (SSSR count). The van der Waals surface area contributed by atoms with Crippen LogP contribution in [0.4, 0.5) is 5.13 Å². The summed E-state index contributed by atoms with van der Waals surface area (Å²) < 4.78 is 0. The molecular weight excluding hydrogens is 342 g/mol. The maximum atomic E-state index is 12.8. The number of anilines is 1. The van der Waals surface area contributed by atoms with E-state index in [4.69, 9.17) is 0 Å². The van der Waals surface area contributed by atoms with Gasteiger partial charge in [-0.1, -0.05) is 48.0 Å². The summed E-state index contributed by atoms with van der Waals surface area (Å²) in [7, 11) is 0. The van der Waals surface area contributed by atoms with Crippen molar-refractivity contribution in [2.24, 2.45) is 0 Å². The molecule has 0 saturated heterocycles.